The Bertz CT molecular complexity index is 1090. The van der Waals surface area contributed by atoms with Crippen molar-refractivity contribution in [2.75, 3.05) is 10.8 Å². The van der Waals surface area contributed by atoms with Gasteiger partial charge in [-0.15, -0.1) is 0 Å². The van der Waals surface area contributed by atoms with Crippen molar-refractivity contribution < 1.29 is 17.7 Å². The number of hydrogen-bond donors (Lipinski definition) is 0. The maximum Gasteiger partial charge on any atom is 0.264 e. The number of benzene rings is 1. The van der Waals surface area contributed by atoms with Gasteiger partial charge < -0.3 is 9.26 Å². The van der Waals surface area contributed by atoms with Gasteiger partial charge in [-0.25, -0.2) is 8.42 Å². The fourth-order valence-electron chi connectivity index (χ4n) is 3.05. The molecule has 0 aliphatic carbocycles. The molecule has 0 bridgehead atoms. The summed E-state index contributed by atoms with van der Waals surface area (Å²) < 4.78 is 39.1. The summed E-state index contributed by atoms with van der Waals surface area (Å²) in [7, 11) is -3.74. The number of hydrogen-bond acceptors (Lipinski definition) is 6. The summed E-state index contributed by atoms with van der Waals surface area (Å²) in [5.74, 6) is 1.43. The quantitative estimate of drug-likeness (QED) is 0.527. The van der Waals surface area contributed by atoms with E-state index < -0.39 is 10.0 Å². The molecule has 8 heteroatoms. The highest BCUT2D eigenvalue weighted by molar-refractivity contribution is 7.92. The molecular weight excluding hydrogens is 402 g/mol. The van der Waals surface area contributed by atoms with Crippen LogP contribution in [0.25, 0.3) is 0 Å². The van der Waals surface area contributed by atoms with Gasteiger partial charge in [0.15, 0.2) is 0 Å². The SMILES string of the molecule is Cc1cncc(N(CC(C)C)S(=O)(=O)c2ccc(OCc3c(C)noc3C)cc2)c1. The Morgan fingerprint density at radius 1 is 1.10 bits per heavy atom. The maximum atomic E-state index is 13.4. The lowest BCUT2D eigenvalue weighted by molar-refractivity contribution is 0.301. The molecule has 2 aromatic heterocycles. The molecule has 0 atom stereocenters. The van der Waals surface area contributed by atoms with Crippen LogP contribution in [-0.2, 0) is 16.6 Å². The van der Waals surface area contributed by atoms with E-state index in [1.165, 1.54) is 4.31 Å². The molecule has 0 aliphatic heterocycles. The van der Waals surface area contributed by atoms with E-state index in [-0.39, 0.29) is 10.8 Å². The van der Waals surface area contributed by atoms with E-state index >= 15 is 0 Å². The van der Waals surface area contributed by atoms with Gasteiger partial charge >= 0.3 is 0 Å². The van der Waals surface area contributed by atoms with Crippen LogP contribution in [0.5, 0.6) is 5.75 Å². The summed E-state index contributed by atoms with van der Waals surface area (Å²) in [5, 5.41) is 3.91. The van der Waals surface area contributed by atoms with E-state index in [0.717, 1.165) is 16.8 Å². The number of sulfonamides is 1. The summed E-state index contributed by atoms with van der Waals surface area (Å²) >= 11 is 0. The Labute approximate surface area is 177 Å². The van der Waals surface area contributed by atoms with E-state index in [9.17, 15) is 8.42 Å². The van der Waals surface area contributed by atoms with Crippen molar-refractivity contribution in [2.24, 2.45) is 5.92 Å². The van der Waals surface area contributed by atoms with Gasteiger partial charge in [0, 0.05) is 12.7 Å². The van der Waals surface area contributed by atoms with Crippen LogP contribution in [-0.4, -0.2) is 25.1 Å². The molecule has 2 heterocycles. The Hall–Kier alpha value is -2.87. The van der Waals surface area contributed by atoms with Gasteiger partial charge in [0.25, 0.3) is 10.0 Å². The minimum absolute atomic E-state index is 0.151. The van der Waals surface area contributed by atoms with Gasteiger partial charge in [0.2, 0.25) is 0 Å². The molecule has 7 nitrogen and oxygen atoms in total. The van der Waals surface area contributed by atoms with Crippen LogP contribution in [0.1, 0.15) is 36.4 Å². The average Bonchev–Trinajstić information content (AvgIpc) is 3.02. The van der Waals surface area contributed by atoms with Crippen molar-refractivity contribution in [1.29, 1.82) is 0 Å². The highest BCUT2D eigenvalue weighted by Crippen LogP contribution is 2.27. The molecule has 30 heavy (non-hydrogen) atoms. The van der Waals surface area contributed by atoms with Crippen LogP contribution in [0.3, 0.4) is 0 Å². The standard InChI is InChI=1S/C22H27N3O4S/c1-15(2)13-25(19-10-16(3)11-23-12-19)30(26,27)21-8-6-20(7-9-21)28-14-22-17(4)24-29-18(22)5/h6-12,15H,13-14H2,1-5H3. The molecule has 1 aromatic carbocycles. The Balaban J connectivity index is 1.83. The van der Waals surface area contributed by atoms with Crippen LogP contribution in [0.2, 0.25) is 0 Å². The molecule has 0 saturated carbocycles. The van der Waals surface area contributed by atoms with Crippen LogP contribution in [0, 0.1) is 26.7 Å². The first-order valence-electron chi connectivity index (χ1n) is 9.77. The highest BCUT2D eigenvalue weighted by Gasteiger charge is 2.26. The fraction of sp³-hybridized carbons (Fsp3) is 0.364. The lowest BCUT2D eigenvalue weighted by Crippen LogP contribution is -2.34. The Morgan fingerprint density at radius 3 is 2.37 bits per heavy atom. The molecule has 3 rings (SSSR count). The number of aryl methyl sites for hydroxylation is 3. The van der Waals surface area contributed by atoms with Crippen molar-refractivity contribution in [3.8, 4) is 5.75 Å². The van der Waals surface area contributed by atoms with Crippen molar-refractivity contribution in [3.05, 3.63) is 65.3 Å². The number of rotatable bonds is 8. The smallest absolute Gasteiger partial charge is 0.264 e. The molecule has 0 saturated heterocycles. The maximum absolute atomic E-state index is 13.4. The van der Waals surface area contributed by atoms with Crippen LogP contribution in [0.15, 0.2) is 52.1 Å². The van der Waals surface area contributed by atoms with E-state index in [1.54, 1.807) is 36.7 Å². The third-order valence-electron chi connectivity index (χ3n) is 4.66. The molecule has 160 valence electrons. The van der Waals surface area contributed by atoms with Crippen molar-refractivity contribution >= 4 is 15.7 Å². The first-order valence-corrected chi connectivity index (χ1v) is 11.2. The Kier molecular flexibility index (Phi) is 6.45. The van der Waals surface area contributed by atoms with E-state index in [0.29, 0.717) is 30.3 Å². The lowest BCUT2D eigenvalue weighted by atomic mass is 10.2. The fourth-order valence-corrected chi connectivity index (χ4v) is 4.65. The minimum Gasteiger partial charge on any atom is -0.489 e. The average molecular weight is 430 g/mol. The Morgan fingerprint density at radius 2 is 1.80 bits per heavy atom. The van der Waals surface area contributed by atoms with E-state index in [4.69, 9.17) is 9.26 Å². The van der Waals surface area contributed by atoms with Gasteiger partial charge in [0.05, 0.1) is 28.0 Å². The molecule has 0 amide bonds. The zero-order valence-corrected chi connectivity index (χ0v) is 18.7. The van der Waals surface area contributed by atoms with Crippen molar-refractivity contribution in [3.63, 3.8) is 0 Å². The largest absolute Gasteiger partial charge is 0.489 e. The van der Waals surface area contributed by atoms with Gasteiger partial charge in [-0.2, -0.15) is 0 Å². The highest BCUT2D eigenvalue weighted by atomic mass is 32.2. The molecule has 0 spiro atoms. The second kappa shape index (κ2) is 8.87. The van der Waals surface area contributed by atoms with Gasteiger partial charge in [-0.05, 0) is 62.6 Å². The third kappa shape index (κ3) is 4.81. The van der Waals surface area contributed by atoms with Crippen LogP contribution in [0.4, 0.5) is 5.69 Å². The number of pyridine rings is 1. The molecule has 0 radical (unpaired) electrons. The minimum atomic E-state index is -3.74. The van der Waals surface area contributed by atoms with Crippen molar-refractivity contribution in [1.82, 2.24) is 10.1 Å². The second-order valence-corrected chi connectivity index (χ2v) is 9.58. The van der Waals surface area contributed by atoms with Gasteiger partial charge in [-0.3, -0.25) is 9.29 Å². The topological polar surface area (TPSA) is 85.5 Å². The lowest BCUT2D eigenvalue weighted by Gasteiger charge is -2.26. The van der Waals surface area contributed by atoms with Gasteiger partial charge in [0.1, 0.15) is 18.1 Å². The first-order chi connectivity index (χ1) is 14.2. The number of ether oxygens (including phenoxy) is 1. The predicted octanol–water partition coefficient (Wildman–Crippen LogP) is 4.43. The van der Waals surface area contributed by atoms with Crippen LogP contribution >= 0.6 is 0 Å². The summed E-state index contributed by atoms with van der Waals surface area (Å²) in [5.41, 5.74) is 3.13. The van der Waals surface area contributed by atoms with E-state index in [2.05, 4.69) is 10.1 Å². The number of aromatic nitrogens is 2. The zero-order valence-electron chi connectivity index (χ0n) is 17.9. The zero-order chi connectivity index (χ0) is 21.9. The molecular formula is C22H27N3O4S. The molecule has 0 aliphatic rings. The normalized spacial score (nSPS) is 11.7. The third-order valence-corrected chi connectivity index (χ3v) is 6.46. The summed E-state index contributed by atoms with van der Waals surface area (Å²) in [6.07, 6.45) is 3.28. The summed E-state index contributed by atoms with van der Waals surface area (Å²) in [4.78, 5) is 4.36. The summed E-state index contributed by atoms with van der Waals surface area (Å²) in [6.45, 7) is 10.2. The van der Waals surface area contributed by atoms with E-state index in [1.807, 2.05) is 40.7 Å². The second-order valence-electron chi connectivity index (χ2n) is 7.71. The molecule has 3 aromatic rings. The number of anilines is 1. The predicted molar refractivity (Wildman–Crippen MR) is 115 cm³/mol. The summed E-state index contributed by atoms with van der Waals surface area (Å²) in [6, 6.07) is 8.28. The first kappa shape index (κ1) is 21.8. The number of nitrogens with zero attached hydrogens (tertiary/aromatic N) is 3. The van der Waals surface area contributed by atoms with Gasteiger partial charge in [-0.1, -0.05) is 19.0 Å². The van der Waals surface area contributed by atoms with Crippen molar-refractivity contribution in [2.45, 2.75) is 46.1 Å². The molecule has 0 unspecified atom stereocenters. The molecule has 0 fully saturated rings. The monoisotopic (exact) mass is 429 g/mol. The molecule has 0 N–H and O–H groups in total. The van der Waals surface area contributed by atoms with Crippen LogP contribution < -0.4 is 9.04 Å².